The van der Waals surface area contributed by atoms with Crippen LogP contribution in [0.25, 0.3) is 0 Å². The molecule has 0 bridgehead atoms. The molecule has 0 aliphatic heterocycles. The van der Waals surface area contributed by atoms with Crippen LogP contribution >= 0.6 is 0 Å². The molecule has 0 heterocycles. The van der Waals surface area contributed by atoms with E-state index in [9.17, 15) is 23.6 Å². The summed E-state index contributed by atoms with van der Waals surface area (Å²) in [5.74, 6) is -2.99. The lowest BCUT2D eigenvalue weighted by Gasteiger charge is -2.22. The Labute approximate surface area is 172 Å². The number of rotatable bonds is 9. The standard InChI is InChI=1S/C21H22FN3O5/c1-14-3-2-4-15(11-14)21(29)24-12-20(28)30-13-19(27)25(10-9-18(23)26)17-7-5-16(22)6-8-17/h2-8,11H,9-10,12-13H2,1H3,(H2,23,26)(H,24,29). The van der Waals surface area contributed by atoms with Crippen molar-refractivity contribution in [3.8, 4) is 0 Å². The van der Waals surface area contributed by atoms with E-state index in [0.717, 1.165) is 17.7 Å². The quantitative estimate of drug-likeness (QED) is 0.599. The Balaban J connectivity index is 1.90. The topological polar surface area (TPSA) is 119 Å². The lowest BCUT2D eigenvalue weighted by atomic mass is 10.1. The zero-order chi connectivity index (χ0) is 22.1. The molecule has 0 aliphatic rings. The van der Waals surface area contributed by atoms with Crippen LogP contribution in [0.1, 0.15) is 22.3 Å². The van der Waals surface area contributed by atoms with Crippen LogP contribution in [-0.4, -0.2) is 43.4 Å². The highest BCUT2D eigenvalue weighted by Crippen LogP contribution is 2.15. The molecular weight excluding hydrogens is 393 g/mol. The van der Waals surface area contributed by atoms with E-state index in [4.69, 9.17) is 10.5 Å². The smallest absolute Gasteiger partial charge is 0.325 e. The van der Waals surface area contributed by atoms with E-state index in [1.165, 1.54) is 17.0 Å². The van der Waals surface area contributed by atoms with Gasteiger partial charge in [-0.05, 0) is 43.3 Å². The predicted molar refractivity (Wildman–Crippen MR) is 107 cm³/mol. The maximum absolute atomic E-state index is 13.1. The summed E-state index contributed by atoms with van der Waals surface area (Å²) < 4.78 is 18.0. The largest absolute Gasteiger partial charge is 0.454 e. The number of ether oxygens (including phenoxy) is 1. The lowest BCUT2D eigenvalue weighted by molar-refractivity contribution is -0.146. The molecule has 0 saturated carbocycles. The fraction of sp³-hybridized carbons (Fsp3) is 0.238. The summed E-state index contributed by atoms with van der Waals surface area (Å²) in [6.07, 6.45) is -0.121. The Hall–Kier alpha value is -3.75. The molecule has 9 heteroatoms. The molecule has 30 heavy (non-hydrogen) atoms. The fourth-order valence-electron chi connectivity index (χ4n) is 2.55. The van der Waals surface area contributed by atoms with Crippen LogP contribution in [0.5, 0.6) is 0 Å². The van der Waals surface area contributed by atoms with Gasteiger partial charge in [0.25, 0.3) is 11.8 Å². The third kappa shape index (κ3) is 7.01. The van der Waals surface area contributed by atoms with E-state index in [1.807, 2.05) is 13.0 Å². The number of carbonyl (C=O) groups is 4. The van der Waals surface area contributed by atoms with E-state index >= 15 is 0 Å². The molecule has 0 atom stereocenters. The summed E-state index contributed by atoms with van der Waals surface area (Å²) in [5, 5.41) is 2.42. The fourth-order valence-corrected chi connectivity index (χ4v) is 2.55. The maximum atomic E-state index is 13.1. The van der Waals surface area contributed by atoms with Crippen LogP contribution in [-0.2, 0) is 19.1 Å². The van der Waals surface area contributed by atoms with Crippen LogP contribution < -0.4 is 16.0 Å². The van der Waals surface area contributed by atoms with Crippen molar-refractivity contribution in [3.05, 3.63) is 65.5 Å². The van der Waals surface area contributed by atoms with Crippen molar-refractivity contribution in [2.24, 2.45) is 5.73 Å². The van der Waals surface area contributed by atoms with Crippen molar-refractivity contribution < 1.29 is 28.3 Å². The van der Waals surface area contributed by atoms with Crippen molar-refractivity contribution in [1.82, 2.24) is 5.32 Å². The predicted octanol–water partition coefficient (Wildman–Crippen LogP) is 1.32. The Morgan fingerprint density at radius 3 is 2.43 bits per heavy atom. The molecule has 0 aliphatic carbocycles. The van der Waals surface area contributed by atoms with Gasteiger partial charge in [0.05, 0.1) is 0 Å². The van der Waals surface area contributed by atoms with Gasteiger partial charge in [0.1, 0.15) is 12.4 Å². The SMILES string of the molecule is Cc1cccc(C(=O)NCC(=O)OCC(=O)N(CCC(N)=O)c2ccc(F)cc2)c1. The summed E-state index contributed by atoms with van der Waals surface area (Å²) in [4.78, 5) is 48.6. The lowest BCUT2D eigenvalue weighted by Crippen LogP contribution is -2.38. The molecular formula is C21H22FN3O5. The van der Waals surface area contributed by atoms with E-state index in [-0.39, 0.29) is 13.0 Å². The number of esters is 1. The normalized spacial score (nSPS) is 10.2. The van der Waals surface area contributed by atoms with Gasteiger partial charge in [0.2, 0.25) is 5.91 Å². The number of aryl methyl sites for hydroxylation is 1. The number of hydrogen-bond donors (Lipinski definition) is 2. The van der Waals surface area contributed by atoms with Gasteiger partial charge in [-0.2, -0.15) is 0 Å². The van der Waals surface area contributed by atoms with E-state index in [0.29, 0.717) is 11.3 Å². The molecule has 8 nitrogen and oxygen atoms in total. The average molecular weight is 415 g/mol. The number of halogens is 1. The van der Waals surface area contributed by atoms with Gasteiger partial charge in [0, 0.05) is 24.2 Å². The van der Waals surface area contributed by atoms with Crippen molar-refractivity contribution in [2.45, 2.75) is 13.3 Å². The van der Waals surface area contributed by atoms with Gasteiger partial charge in [-0.15, -0.1) is 0 Å². The second-order valence-corrected chi connectivity index (χ2v) is 6.45. The Kier molecular flexibility index (Phi) is 8.04. The monoisotopic (exact) mass is 415 g/mol. The van der Waals surface area contributed by atoms with Crippen molar-refractivity contribution in [3.63, 3.8) is 0 Å². The summed E-state index contributed by atoms with van der Waals surface area (Å²) in [6.45, 7) is 0.746. The third-order valence-corrected chi connectivity index (χ3v) is 4.05. The highest BCUT2D eigenvalue weighted by Gasteiger charge is 2.19. The minimum atomic E-state index is -0.807. The number of hydrogen-bond acceptors (Lipinski definition) is 5. The first-order chi connectivity index (χ1) is 14.3. The van der Waals surface area contributed by atoms with Crippen molar-refractivity contribution >= 4 is 29.4 Å². The summed E-state index contributed by atoms with van der Waals surface area (Å²) in [5.41, 5.74) is 6.75. The molecule has 158 valence electrons. The second kappa shape index (κ2) is 10.7. The highest BCUT2D eigenvalue weighted by molar-refractivity contribution is 5.97. The van der Waals surface area contributed by atoms with Gasteiger partial charge in [-0.25, -0.2) is 4.39 Å². The first-order valence-electron chi connectivity index (χ1n) is 9.11. The molecule has 3 N–H and O–H groups in total. The minimum Gasteiger partial charge on any atom is -0.454 e. The first-order valence-corrected chi connectivity index (χ1v) is 9.11. The molecule has 0 radical (unpaired) electrons. The average Bonchev–Trinajstić information content (AvgIpc) is 2.71. The molecule has 0 fully saturated rings. The molecule has 0 aromatic heterocycles. The maximum Gasteiger partial charge on any atom is 0.325 e. The summed E-state index contributed by atoms with van der Waals surface area (Å²) >= 11 is 0. The molecule has 3 amide bonds. The number of benzene rings is 2. The number of nitrogens with zero attached hydrogens (tertiary/aromatic N) is 1. The van der Waals surface area contributed by atoms with Crippen LogP contribution in [0.15, 0.2) is 48.5 Å². The van der Waals surface area contributed by atoms with Crippen LogP contribution in [0.3, 0.4) is 0 Å². The number of primary amides is 1. The zero-order valence-electron chi connectivity index (χ0n) is 16.4. The zero-order valence-corrected chi connectivity index (χ0v) is 16.4. The van der Waals surface area contributed by atoms with Crippen LogP contribution in [0.2, 0.25) is 0 Å². The van der Waals surface area contributed by atoms with Gasteiger partial charge >= 0.3 is 5.97 Å². The van der Waals surface area contributed by atoms with Gasteiger partial charge in [-0.3, -0.25) is 19.2 Å². The minimum absolute atomic E-state index is 0.0541. The van der Waals surface area contributed by atoms with Crippen LogP contribution in [0, 0.1) is 12.7 Å². The number of nitrogens with one attached hydrogen (secondary N) is 1. The Morgan fingerprint density at radius 2 is 1.80 bits per heavy atom. The molecule has 0 spiro atoms. The molecule has 2 aromatic rings. The molecule has 0 unspecified atom stereocenters. The Bertz CT molecular complexity index is 930. The van der Waals surface area contributed by atoms with E-state index in [1.54, 1.807) is 18.2 Å². The number of amides is 3. The Morgan fingerprint density at radius 1 is 1.10 bits per heavy atom. The molecule has 2 aromatic carbocycles. The summed E-state index contributed by atoms with van der Waals surface area (Å²) in [6, 6.07) is 11.9. The van der Waals surface area contributed by atoms with Gasteiger partial charge in [0.15, 0.2) is 6.61 Å². The van der Waals surface area contributed by atoms with E-state index < -0.39 is 42.7 Å². The van der Waals surface area contributed by atoms with Crippen LogP contribution in [0.4, 0.5) is 10.1 Å². The number of carbonyl (C=O) groups excluding carboxylic acids is 4. The van der Waals surface area contributed by atoms with Gasteiger partial charge < -0.3 is 20.7 Å². The highest BCUT2D eigenvalue weighted by atomic mass is 19.1. The number of anilines is 1. The van der Waals surface area contributed by atoms with Gasteiger partial charge in [-0.1, -0.05) is 17.7 Å². The van der Waals surface area contributed by atoms with E-state index in [2.05, 4.69) is 5.32 Å². The number of nitrogens with two attached hydrogens (primary N) is 1. The third-order valence-electron chi connectivity index (χ3n) is 4.05. The van der Waals surface area contributed by atoms with Crippen molar-refractivity contribution in [1.29, 1.82) is 0 Å². The summed E-state index contributed by atoms with van der Waals surface area (Å²) in [7, 11) is 0. The second-order valence-electron chi connectivity index (χ2n) is 6.45. The first kappa shape index (κ1) is 22.5. The molecule has 2 rings (SSSR count). The molecule has 0 saturated heterocycles. The van der Waals surface area contributed by atoms with Crippen molar-refractivity contribution in [2.75, 3.05) is 24.6 Å².